The number of benzene rings is 1. The molecule has 3 aromatic rings. The third-order valence-electron chi connectivity index (χ3n) is 6.63. The Morgan fingerprint density at radius 2 is 1.80 bits per heavy atom. The summed E-state index contributed by atoms with van der Waals surface area (Å²) in [5.74, 6) is -2.95. The van der Waals surface area contributed by atoms with Gasteiger partial charge in [0.25, 0.3) is 0 Å². The fourth-order valence-electron chi connectivity index (χ4n) is 4.33. The van der Waals surface area contributed by atoms with Crippen LogP contribution in [0.1, 0.15) is 33.8 Å². The lowest BCUT2D eigenvalue weighted by Crippen LogP contribution is -2.42. The first-order chi connectivity index (χ1) is 19.0. The second-order valence-electron chi connectivity index (χ2n) is 10.0. The van der Waals surface area contributed by atoms with Gasteiger partial charge in [-0.1, -0.05) is 17.4 Å². The normalized spacial score (nSPS) is 15.2. The molecule has 0 amide bonds. The van der Waals surface area contributed by atoms with Crippen molar-refractivity contribution in [3.05, 3.63) is 64.3 Å². The van der Waals surface area contributed by atoms with Crippen LogP contribution in [0.15, 0.2) is 41.4 Å². The fraction of sp³-hybridized carbons (Fsp3) is 0.423. The van der Waals surface area contributed by atoms with E-state index in [4.69, 9.17) is 5.73 Å². The van der Waals surface area contributed by atoms with E-state index in [1.807, 2.05) is 21.1 Å². The van der Waals surface area contributed by atoms with E-state index in [1.54, 1.807) is 12.1 Å². The Morgan fingerprint density at radius 3 is 2.40 bits per heavy atom. The lowest BCUT2D eigenvalue weighted by molar-refractivity contribution is 0.103. The van der Waals surface area contributed by atoms with Crippen LogP contribution in [0.2, 0.25) is 0 Å². The minimum atomic E-state index is -3.70. The first kappa shape index (κ1) is 29.9. The summed E-state index contributed by atoms with van der Waals surface area (Å²) in [5, 5.41) is 3.51. The summed E-state index contributed by atoms with van der Waals surface area (Å²) >= 11 is 0.910. The summed E-state index contributed by atoms with van der Waals surface area (Å²) in [5.41, 5.74) is 6.00. The number of hydrogen-bond donors (Lipinski definition) is 2. The van der Waals surface area contributed by atoms with Crippen molar-refractivity contribution in [3.8, 4) is 0 Å². The SMILES string of the molecule is CN(C)CCN(C)Cc1ccc(S(=O)(=O)N2CCC(Nc3nc(N)c(C(=O)c4c(F)cccc4F)s3)CC2)cn1. The zero-order chi connectivity index (χ0) is 29.0. The van der Waals surface area contributed by atoms with Gasteiger partial charge in [0.05, 0.1) is 11.3 Å². The van der Waals surface area contributed by atoms with E-state index in [9.17, 15) is 22.0 Å². The number of likely N-dealkylation sites (N-methyl/N-ethyl adjacent to an activating group) is 2. The minimum absolute atomic E-state index is 0.0636. The van der Waals surface area contributed by atoms with Gasteiger partial charge in [0.1, 0.15) is 27.2 Å². The Kier molecular flexibility index (Phi) is 9.46. The Morgan fingerprint density at radius 1 is 1.12 bits per heavy atom. The summed E-state index contributed by atoms with van der Waals surface area (Å²) in [6.07, 6.45) is 2.39. The second kappa shape index (κ2) is 12.6. The molecule has 3 heterocycles. The van der Waals surface area contributed by atoms with Crippen molar-refractivity contribution in [2.45, 2.75) is 30.3 Å². The quantitative estimate of drug-likeness (QED) is 0.323. The van der Waals surface area contributed by atoms with Gasteiger partial charge < -0.3 is 16.0 Å². The van der Waals surface area contributed by atoms with Gasteiger partial charge in [-0.15, -0.1) is 0 Å². The van der Waals surface area contributed by atoms with Crippen molar-refractivity contribution >= 4 is 38.1 Å². The van der Waals surface area contributed by atoms with Gasteiger partial charge in [0.15, 0.2) is 5.13 Å². The number of ketones is 1. The monoisotopic (exact) mass is 593 g/mol. The van der Waals surface area contributed by atoms with Crippen LogP contribution in [0.5, 0.6) is 0 Å². The van der Waals surface area contributed by atoms with Crippen molar-refractivity contribution < 1.29 is 22.0 Å². The molecule has 14 heteroatoms. The molecule has 1 aromatic carbocycles. The highest BCUT2D eigenvalue weighted by atomic mass is 32.2. The zero-order valence-electron chi connectivity index (χ0n) is 22.6. The standard InChI is InChI=1S/C26H33F2N7O3S2/c1-33(2)13-14-34(3)16-18-7-8-19(15-30-18)40(37,38)35-11-9-17(10-12-35)31-26-32-25(29)24(39-26)23(36)22-20(27)5-4-6-21(22)28/h4-8,15,17H,9-14,16,29H2,1-3H3,(H,31,32). The Labute approximate surface area is 236 Å². The highest BCUT2D eigenvalue weighted by Crippen LogP contribution is 2.31. The molecule has 0 spiro atoms. The predicted molar refractivity (Wildman–Crippen MR) is 151 cm³/mol. The zero-order valence-corrected chi connectivity index (χ0v) is 24.2. The van der Waals surface area contributed by atoms with Crippen LogP contribution in [0.4, 0.5) is 19.7 Å². The molecule has 1 aliphatic rings. The summed E-state index contributed by atoms with van der Waals surface area (Å²) < 4.78 is 56.0. The Hall–Kier alpha value is -3.04. The maximum Gasteiger partial charge on any atom is 0.244 e. The number of carbonyl (C=O) groups excluding carboxylic acids is 1. The lowest BCUT2D eigenvalue weighted by atomic mass is 10.1. The number of sulfonamides is 1. The number of nitrogens with two attached hydrogens (primary N) is 1. The van der Waals surface area contributed by atoms with Crippen LogP contribution in [0.3, 0.4) is 0 Å². The van der Waals surface area contributed by atoms with E-state index < -0.39 is 33.0 Å². The number of rotatable bonds is 11. The van der Waals surface area contributed by atoms with Crippen LogP contribution in [-0.2, 0) is 16.6 Å². The van der Waals surface area contributed by atoms with Crippen molar-refractivity contribution in [3.63, 3.8) is 0 Å². The number of nitrogen functional groups attached to an aromatic ring is 1. The third-order valence-corrected chi connectivity index (χ3v) is 9.51. The Balaban J connectivity index is 1.34. The number of anilines is 2. The maximum atomic E-state index is 14.1. The number of nitrogens with one attached hydrogen (secondary N) is 1. The summed E-state index contributed by atoms with van der Waals surface area (Å²) in [6.45, 7) is 2.96. The average molecular weight is 594 g/mol. The van der Waals surface area contributed by atoms with Crippen molar-refractivity contribution in [2.24, 2.45) is 0 Å². The summed E-state index contributed by atoms with van der Waals surface area (Å²) in [4.78, 5) is 25.6. The molecule has 3 N–H and O–H groups in total. The smallest absolute Gasteiger partial charge is 0.244 e. The lowest BCUT2D eigenvalue weighted by Gasteiger charge is -2.31. The first-order valence-electron chi connectivity index (χ1n) is 12.8. The third kappa shape index (κ3) is 6.99. The molecule has 1 saturated heterocycles. The molecule has 4 rings (SSSR count). The Bertz CT molecular complexity index is 1420. The maximum absolute atomic E-state index is 14.1. The summed E-state index contributed by atoms with van der Waals surface area (Å²) in [6, 6.07) is 6.40. The van der Waals surface area contributed by atoms with E-state index in [1.165, 1.54) is 16.6 Å². The van der Waals surface area contributed by atoms with E-state index in [0.29, 0.717) is 24.5 Å². The van der Waals surface area contributed by atoms with Gasteiger partial charge in [-0.2, -0.15) is 4.31 Å². The van der Waals surface area contributed by atoms with Crippen molar-refractivity contribution in [1.29, 1.82) is 0 Å². The largest absolute Gasteiger partial charge is 0.382 e. The molecule has 0 aliphatic carbocycles. The molecule has 1 aliphatic heterocycles. The van der Waals surface area contributed by atoms with Gasteiger partial charge in [0, 0.05) is 45.0 Å². The molecule has 216 valence electrons. The van der Waals surface area contributed by atoms with Crippen LogP contribution in [0.25, 0.3) is 0 Å². The van der Waals surface area contributed by atoms with Crippen LogP contribution < -0.4 is 11.1 Å². The van der Waals surface area contributed by atoms with E-state index in [-0.39, 0.29) is 34.7 Å². The van der Waals surface area contributed by atoms with Gasteiger partial charge in [0.2, 0.25) is 15.8 Å². The number of thiazole rings is 1. The molecule has 0 bridgehead atoms. The highest BCUT2D eigenvalue weighted by Gasteiger charge is 2.31. The van der Waals surface area contributed by atoms with Gasteiger partial charge >= 0.3 is 0 Å². The second-order valence-corrected chi connectivity index (χ2v) is 12.9. The molecule has 0 radical (unpaired) electrons. The molecule has 2 aromatic heterocycles. The number of piperidine rings is 1. The number of carbonyl (C=O) groups is 1. The van der Waals surface area contributed by atoms with Crippen LogP contribution in [-0.4, -0.2) is 91.6 Å². The molecule has 40 heavy (non-hydrogen) atoms. The van der Waals surface area contributed by atoms with E-state index in [0.717, 1.165) is 42.3 Å². The van der Waals surface area contributed by atoms with Crippen molar-refractivity contribution in [1.82, 2.24) is 24.1 Å². The number of nitrogens with zero attached hydrogens (tertiary/aromatic N) is 5. The summed E-state index contributed by atoms with van der Waals surface area (Å²) in [7, 11) is 2.31. The molecule has 0 unspecified atom stereocenters. The van der Waals surface area contributed by atoms with Crippen LogP contribution >= 0.6 is 11.3 Å². The highest BCUT2D eigenvalue weighted by molar-refractivity contribution is 7.89. The first-order valence-corrected chi connectivity index (χ1v) is 15.0. The molecule has 0 saturated carbocycles. The average Bonchev–Trinajstić information content (AvgIpc) is 3.27. The van der Waals surface area contributed by atoms with Gasteiger partial charge in [-0.25, -0.2) is 22.2 Å². The topological polar surface area (TPSA) is 125 Å². The van der Waals surface area contributed by atoms with E-state index in [2.05, 4.69) is 25.1 Å². The molecular formula is C26H33F2N7O3S2. The molecule has 0 atom stereocenters. The van der Waals surface area contributed by atoms with E-state index >= 15 is 0 Å². The van der Waals surface area contributed by atoms with Gasteiger partial charge in [-0.3, -0.25) is 14.7 Å². The number of aromatic nitrogens is 2. The molecule has 1 fully saturated rings. The molecular weight excluding hydrogens is 560 g/mol. The number of pyridine rings is 1. The number of halogens is 2. The van der Waals surface area contributed by atoms with Gasteiger partial charge in [-0.05, 0) is 58.3 Å². The van der Waals surface area contributed by atoms with Crippen molar-refractivity contribution in [2.75, 3.05) is 58.4 Å². The van der Waals surface area contributed by atoms with Crippen LogP contribution in [0, 0.1) is 11.6 Å². The predicted octanol–water partition coefficient (Wildman–Crippen LogP) is 2.89. The molecule has 10 nitrogen and oxygen atoms in total. The number of hydrogen-bond acceptors (Lipinski definition) is 10. The minimum Gasteiger partial charge on any atom is -0.382 e. The fourth-order valence-corrected chi connectivity index (χ4v) is 6.66.